The molecule has 23 heteroatoms. The van der Waals surface area contributed by atoms with Gasteiger partial charge in [-0.3, -0.25) is 62.8 Å². The topological polar surface area (TPSA) is 307 Å². The Kier molecular flexibility index (Phi) is 22.2. The molecule has 0 aliphatic carbocycles. The molecular formula is C36H61BN8O14. The quantitative estimate of drug-likeness (QED) is 0.0479. The van der Waals surface area contributed by atoms with Crippen molar-refractivity contribution in [1.29, 1.82) is 0 Å². The molecule has 0 spiro atoms. The van der Waals surface area contributed by atoms with Crippen molar-refractivity contribution < 1.29 is 68.5 Å². The fourth-order valence-electron chi connectivity index (χ4n) is 6.82. The van der Waals surface area contributed by atoms with Crippen LogP contribution in [0.1, 0.15) is 52.9 Å². The van der Waals surface area contributed by atoms with E-state index in [1.807, 2.05) is 0 Å². The number of aliphatic carboxylic acids is 3. The minimum absolute atomic E-state index is 0.194. The van der Waals surface area contributed by atoms with Crippen molar-refractivity contribution in [1.82, 2.24) is 40.4 Å². The predicted octanol–water partition coefficient (Wildman–Crippen LogP) is -4.22. The van der Waals surface area contributed by atoms with E-state index in [0.717, 1.165) is 0 Å². The second-order valence-corrected chi connectivity index (χ2v) is 15.4. The molecule has 332 valence electrons. The number of nitrogens with one attached hydrogen (secondary N) is 3. The van der Waals surface area contributed by atoms with E-state index in [0.29, 0.717) is 19.4 Å². The highest BCUT2D eigenvalue weighted by atomic mass is 16.4. The van der Waals surface area contributed by atoms with Gasteiger partial charge in [-0.15, -0.1) is 0 Å². The second-order valence-electron chi connectivity index (χ2n) is 15.4. The Morgan fingerprint density at radius 3 is 1.49 bits per heavy atom. The van der Waals surface area contributed by atoms with Gasteiger partial charge in [-0.1, -0.05) is 13.8 Å². The molecule has 0 bridgehead atoms. The van der Waals surface area contributed by atoms with E-state index in [-0.39, 0.29) is 110 Å². The summed E-state index contributed by atoms with van der Waals surface area (Å²) >= 11 is 0. The van der Waals surface area contributed by atoms with Crippen molar-refractivity contribution in [3.8, 4) is 0 Å². The van der Waals surface area contributed by atoms with Crippen LogP contribution in [0.25, 0.3) is 0 Å². The smallest absolute Gasteiger partial charge is 0.475 e. The molecule has 0 radical (unpaired) electrons. The molecule has 0 aromatic carbocycles. The maximum atomic E-state index is 13.1. The Balaban J connectivity index is 1.84. The van der Waals surface area contributed by atoms with E-state index in [2.05, 4.69) is 16.0 Å². The van der Waals surface area contributed by atoms with Gasteiger partial charge in [-0.05, 0) is 25.7 Å². The summed E-state index contributed by atoms with van der Waals surface area (Å²) in [4.78, 5) is 119. The summed E-state index contributed by atoms with van der Waals surface area (Å²) in [6.45, 7) is 5.06. The van der Waals surface area contributed by atoms with Crippen LogP contribution in [0.5, 0.6) is 0 Å². The van der Waals surface area contributed by atoms with Crippen molar-refractivity contribution in [2.24, 2.45) is 11.8 Å². The summed E-state index contributed by atoms with van der Waals surface area (Å²) in [5.74, 6) is -8.19. The number of amides is 4. The number of hydrogen-bond donors (Lipinski definition) is 8. The van der Waals surface area contributed by atoms with Gasteiger partial charge in [0.2, 0.25) is 23.6 Å². The number of carboxylic acids is 3. The first kappa shape index (κ1) is 50.6. The van der Waals surface area contributed by atoms with Crippen LogP contribution in [0.3, 0.4) is 0 Å². The molecule has 8 N–H and O–H groups in total. The summed E-state index contributed by atoms with van der Waals surface area (Å²) in [6, 6.07) is -0.975. The number of carbonyl (C=O) groups is 9. The average Bonchev–Trinajstić information content (AvgIpc) is 3.65. The highest BCUT2D eigenvalue weighted by molar-refractivity contribution is 6.43. The zero-order valence-corrected chi connectivity index (χ0v) is 34.2. The van der Waals surface area contributed by atoms with Crippen LogP contribution < -0.4 is 16.0 Å². The van der Waals surface area contributed by atoms with Gasteiger partial charge in [0, 0.05) is 84.1 Å². The second kappa shape index (κ2) is 25.8. The number of nitrogens with zero attached hydrogens (tertiary/aromatic N) is 5. The third kappa shape index (κ3) is 19.8. The first-order valence-electron chi connectivity index (χ1n) is 19.8. The summed E-state index contributed by atoms with van der Waals surface area (Å²) in [7, 11) is -1.70. The zero-order valence-electron chi connectivity index (χ0n) is 34.2. The van der Waals surface area contributed by atoms with Crippen molar-refractivity contribution in [2.75, 3.05) is 98.2 Å². The number of likely N-dealkylation sites (tertiary alicyclic amines) is 1. The van der Waals surface area contributed by atoms with Crippen molar-refractivity contribution in [3.05, 3.63) is 0 Å². The monoisotopic (exact) mass is 840 g/mol. The summed E-state index contributed by atoms with van der Waals surface area (Å²) in [5.41, 5.74) is 0. The number of rotatable bonds is 22. The Hall–Kier alpha value is -4.55. The zero-order chi connectivity index (χ0) is 44.2. The predicted molar refractivity (Wildman–Crippen MR) is 209 cm³/mol. The molecule has 2 aliphatic heterocycles. The molecule has 4 amide bonds. The fourth-order valence-corrected chi connectivity index (χ4v) is 6.82. The molecule has 59 heavy (non-hydrogen) atoms. The van der Waals surface area contributed by atoms with E-state index in [9.17, 15) is 68.5 Å². The third-order valence-corrected chi connectivity index (χ3v) is 10.2. The minimum Gasteiger partial charge on any atom is -0.480 e. The lowest BCUT2D eigenvalue weighted by atomic mass is 9.78. The maximum Gasteiger partial charge on any atom is 0.475 e. The fraction of sp³-hybridized carbons (Fsp3) is 0.750. The van der Waals surface area contributed by atoms with Gasteiger partial charge in [0.05, 0.1) is 45.2 Å². The van der Waals surface area contributed by atoms with Crippen molar-refractivity contribution in [2.45, 2.75) is 64.9 Å². The standard InChI is InChI=1S/C36H61BN8O14/c1-24(2)28(35(56)40-25(3)36(57)45-8-4-5-29(45)37(58)59)17-27(47)19-38-30(48)7-6-26(46)18-39-31(49)20-41-9-11-42(21-32(50)51)13-15-44(23-34(54)55)16-14-43(12-10-41)22-33(52)53/h24-25,28-29,58-59H,4-23H2,1-3H3,(H,38,48)(H,39,49)(H,40,56)(H,50,51)(H,52,53)(H,54,55)/t25-,28+,29+/m1/s1. The van der Waals surface area contributed by atoms with Crippen LogP contribution in [0.2, 0.25) is 0 Å². The third-order valence-electron chi connectivity index (χ3n) is 10.2. The Bertz CT molecular complexity index is 1450. The minimum atomic E-state index is -1.70. The molecule has 2 saturated heterocycles. The largest absolute Gasteiger partial charge is 0.480 e. The molecule has 0 unspecified atom stereocenters. The number of hydrogen-bond acceptors (Lipinski definition) is 15. The molecule has 2 heterocycles. The first-order valence-corrected chi connectivity index (χ1v) is 19.8. The van der Waals surface area contributed by atoms with E-state index >= 15 is 0 Å². The molecular weight excluding hydrogens is 779 g/mol. The van der Waals surface area contributed by atoms with Crippen LogP contribution in [0.15, 0.2) is 0 Å². The summed E-state index contributed by atoms with van der Waals surface area (Å²) in [5, 5.41) is 54.8. The van der Waals surface area contributed by atoms with E-state index < -0.39 is 84.7 Å². The van der Waals surface area contributed by atoms with E-state index in [4.69, 9.17) is 0 Å². The Morgan fingerprint density at radius 2 is 1.05 bits per heavy atom. The maximum absolute atomic E-state index is 13.1. The van der Waals surface area contributed by atoms with Crippen LogP contribution in [-0.2, 0) is 43.2 Å². The van der Waals surface area contributed by atoms with E-state index in [1.54, 1.807) is 33.4 Å². The summed E-state index contributed by atoms with van der Waals surface area (Å²) < 4.78 is 0. The SMILES string of the molecule is CC(C)[C@H](CC(=O)CNC(=O)CCC(=O)CNC(=O)CN1CCN(CC(=O)O)CCN(CC(=O)O)CCN(CC(=O)O)CC1)C(=O)N[C@H](C)C(=O)N1CCC[C@H]1B(O)O. The van der Waals surface area contributed by atoms with Crippen LogP contribution in [0.4, 0.5) is 0 Å². The van der Waals surface area contributed by atoms with Crippen LogP contribution in [-0.4, -0.2) is 220 Å². The van der Waals surface area contributed by atoms with Crippen molar-refractivity contribution >= 4 is 60.2 Å². The van der Waals surface area contributed by atoms with Gasteiger partial charge < -0.3 is 46.2 Å². The van der Waals surface area contributed by atoms with E-state index in [1.165, 1.54) is 11.8 Å². The molecule has 3 atom stereocenters. The van der Waals surface area contributed by atoms with Crippen LogP contribution in [0, 0.1) is 11.8 Å². The van der Waals surface area contributed by atoms with Gasteiger partial charge in [0.1, 0.15) is 6.04 Å². The molecule has 0 aromatic rings. The lowest BCUT2D eigenvalue weighted by molar-refractivity contribution is -0.140. The number of carbonyl (C=O) groups excluding carboxylic acids is 6. The Labute approximate surface area is 343 Å². The van der Waals surface area contributed by atoms with Crippen LogP contribution >= 0.6 is 0 Å². The number of ketones is 2. The molecule has 0 aromatic heterocycles. The highest BCUT2D eigenvalue weighted by Gasteiger charge is 2.39. The lowest BCUT2D eigenvalue weighted by Crippen LogP contribution is -2.53. The highest BCUT2D eigenvalue weighted by Crippen LogP contribution is 2.20. The first-order chi connectivity index (χ1) is 27.7. The van der Waals surface area contributed by atoms with Crippen molar-refractivity contribution in [3.63, 3.8) is 0 Å². The molecule has 0 saturated carbocycles. The molecule has 2 rings (SSSR count). The normalized spacial score (nSPS) is 18.8. The van der Waals surface area contributed by atoms with Gasteiger partial charge in [-0.25, -0.2) is 0 Å². The van der Waals surface area contributed by atoms with Gasteiger partial charge >= 0.3 is 25.0 Å². The average molecular weight is 841 g/mol. The number of carboxylic acid groups (broad SMARTS) is 3. The molecule has 22 nitrogen and oxygen atoms in total. The Morgan fingerprint density at radius 1 is 0.610 bits per heavy atom. The summed E-state index contributed by atoms with van der Waals surface area (Å²) in [6.07, 6.45) is 0.264. The molecule has 2 fully saturated rings. The van der Waals surface area contributed by atoms with Gasteiger partial charge in [0.15, 0.2) is 11.6 Å². The molecule has 2 aliphatic rings. The van der Waals surface area contributed by atoms with Gasteiger partial charge in [-0.2, -0.15) is 0 Å². The lowest BCUT2D eigenvalue weighted by Gasteiger charge is -2.32. The number of Topliss-reactive ketones (excluding diaryl/α,β-unsaturated/α-hetero) is 2. The van der Waals surface area contributed by atoms with Gasteiger partial charge in [0.25, 0.3) is 0 Å².